The summed E-state index contributed by atoms with van der Waals surface area (Å²) in [5.74, 6) is -0.815. The number of carbonyl (C=O) groups excluding carboxylic acids is 2. The molecule has 1 atom stereocenters. The van der Waals surface area contributed by atoms with Gasteiger partial charge in [0.1, 0.15) is 5.41 Å². The van der Waals surface area contributed by atoms with Gasteiger partial charge in [-0.3, -0.25) is 19.7 Å². The van der Waals surface area contributed by atoms with Crippen molar-refractivity contribution in [1.82, 2.24) is 0 Å². The monoisotopic (exact) mass is 339 g/mol. The third-order valence-corrected chi connectivity index (χ3v) is 4.75. The van der Waals surface area contributed by atoms with Crippen molar-refractivity contribution < 1.29 is 19.2 Å². The summed E-state index contributed by atoms with van der Waals surface area (Å²) in [5, 5.41) is 10.8. The predicted molar refractivity (Wildman–Crippen MR) is 90.3 cm³/mol. The fourth-order valence-corrected chi connectivity index (χ4v) is 3.39. The van der Waals surface area contributed by atoms with E-state index in [-0.39, 0.29) is 17.9 Å². The minimum absolute atomic E-state index is 0.0313. The molecule has 3 rings (SSSR count). The first kappa shape index (κ1) is 16.8. The van der Waals surface area contributed by atoms with E-state index in [0.717, 1.165) is 5.56 Å². The summed E-state index contributed by atoms with van der Waals surface area (Å²) >= 11 is 0. The van der Waals surface area contributed by atoms with Gasteiger partial charge in [0.25, 0.3) is 5.69 Å². The Morgan fingerprint density at radius 1 is 1.20 bits per heavy atom. The summed E-state index contributed by atoms with van der Waals surface area (Å²) in [7, 11) is 1.27. The van der Waals surface area contributed by atoms with Crippen molar-refractivity contribution in [2.45, 2.75) is 19.3 Å². The Hall–Kier alpha value is -3.02. The molecule has 0 aromatic heterocycles. The van der Waals surface area contributed by atoms with Crippen molar-refractivity contribution in [2.24, 2.45) is 5.41 Å². The fraction of sp³-hybridized carbons (Fsp3) is 0.263. The molecule has 0 saturated carbocycles. The van der Waals surface area contributed by atoms with Crippen LogP contribution >= 0.6 is 0 Å². The van der Waals surface area contributed by atoms with Gasteiger partial charge in [0.15, 0.2) is 5.78 Å². The van der Waals surface area contributed by atoms with Crippen molar-refractivity contribution >= 4 is 17.4 Å². The number of carbonyl (C=O) groups is 2. The van der Waals surface area contributed by atoms with Crippen LogP contribution in [0.1, 0.15) is 27.9 Å². The van der Waals surface area contributed by atoms with E-state index in [1.807, 2.05) is 12.1 Å². The average molecular weight is 339 g/mol. The minimum atomic E-state index is -1.29. The van der Waals surface area contributed by atoms with E-state index in [4.69, 9.17) is 4.74 Å². The third kappa shape index (κ3) is 2.91. The Balaban J connectivity index is 1.99. The van der Waals surface area contributed by atoms with Gasteiger partial charge in [-0.1, -0.05) is 36.4 Å². The molecule has 0 aliphatic heterocycles. The van der Waals surface area contributed by atoms with Crippen LogP contribution in [0.15, 0.2) is 48.5 Å². The Labute approximate surface area is 144 Å². The summed E-state index contributed by atoms with van der Waals surface area (Å²) in [6.07, 6.45) is 1.11. The molecule has 0 amide bonds. The summed E-state index contributed by atoms with van der Waals surface area (Å²) in [5.41, 5.74) is 0.830. The van der Waals surface area contributed by atoms with Crippen molar-refractivity contribution in [2.75, 3.05) is 7.11 Å². The highest BCUT2D eigenvalue weighted by molar-refractivity contribution is 6.14. The van der Waals surface area contributed by atoms with Crippen molar-refractivity contribution in [3.8, 4) is 0 Å². The number of hydrogen-bond donors (Lipinski definition) is 0. The Kier molecular flexibility index (Phi) is 4.35. The van der Waals surface area contributed by atoms with E-state index in [1.165, 1.54) is 19.2 Å². The van der Waals surface area contributed by atoms with Crippen LogP contribution in [0.2, 0.25) is 0 Å². The Bertz CT molecular complexity index is 843. The number of hydrogen-bond acceptors (Lipinski definition) is 5. The minimum Gasteiger partial charge on any atom is -0.468 e. The topological polar surface area (TPSA) is 86.5 Å². The molecule has 2 aromatic rings. The van der Waals surface area contributed by atoms with Crippen molar-refractivity contribution in [1.29, 1.82) is 0 Å². The van der Waals surface area contributed by atoms with E-state index < -0.39 is 16.3 Å². The molecule has 0 fully saturated rings. The Morgan fingerprint density at radius 3 is 2.52 bits per heavy atom. The maximum atomic E-state index is 13.1. The van der Waals surface area contributed by atoms with Gasteiger partial charge in [-0.25, -0.2) is 0 Å². The number of aryl methyl sites for hydroxylation is 1. The molecule has 0 unspecified atom stereocenters. The summed E-state index contributed by atoms with van der Waals surface area (Å²) in [6, 6.07) is 13.2. The van der Waals surface area contributed by atoms with Crippen LogP contribution in [0.5, 0.6) is 0 Å². The van der Waals surface area contributed by atoms with Gasteiger partial charge in [-0.05, 0) is 30.4 Å². The summed E-state index contributed by atoms with van der Waals surface area (Å²) < 4.78 is 4.94. The van der Waals surface area contributed by atoms with Crippen LogP contribution in [0.25, 0.3) is 0 Å². The lowest BCUT2D eigenvalue weighted by molar-refractivity contribution is -0.384. The molecule has 2 aromatic carbocycles. The van der Waals surface area contributed by atoms with Crippen LogP contribution in [0.3, 0.4) is 0 Å². The van der Waals surface area contributed by atoms with E-state index in [9.17, 15) is 19.7 Å². The number of Topliss-reactive ketones (excluding diaryl/α,β-unsaturated/α-hetero) is 1. The number of fused-ring (bicyclic) bond motifs is 1. The molecule has 128 valence electrons. The zero-order chi connectivity index (χ0) is 18.0. The van der Waals surface area contributed by atoms with Gasteiger partial charge in [0, 0.05) is 17.7 Å². The third-order valence-electron chi connectivity index (χ3n) is 4.75. The molecule has 0 heterocycles. The van der Waals surface area contributed by atoms with Crippen LogP contribution in [-0.2, 0) is 22.4 Å². The lowest BCUT2D eigenvalue weighted by atomic mass is 9.67. The lowest BCUT2D eigenvalue weighted by Crippen LogP contribution is -2.45. The molecule has 6 nitrogen and oxygen atoms in total. The number of non-ortho nitro benzene ring substituents is 1. The molecule has 0 spiro atoms. The molecule has 0 radical (unpaired) electrons. The maximum absolute atomic E-state index is 13.1. The lowest BCUT2D eigenvalue weighted by Gasteiger charge is -2.34. The number of ketones is 1. The van der Waals surface area contributed by atoms with Crippen molar-refractivity contribution in [3.63, 3.8) is 0 Å². The normalized spacial score (nSPS) is 19.2. The number of benzene rings is 2. The number of nitrogens with zero attached hydrogens (tertiary/aromatic N) is 1. The van der Waals surface area contributed by atoms with Gasteiger partial charge < -0.3 is 4.74 Å². The average Bonchev–Trinajstić information content (AvgIpc) is 2.64. The maximum Gasteiger partial charge on any atom is 0.320 e. The smallest absolute Gasteiger partial charge is 0.320 e. The van der Waals surface area contributed by atoms with Crippen LogP contribution < -0.4 is 0 Å². The number of nitro benzene ring substituents is 1. The highest BCUT2D eigenvalue weighted by Gasteiger charge is 2.49. The van der Waals surface area contributed by atoms with Crippen LogP contribution in [-0.4, -0.2) is 23.8 Å². The summed E-state index contributed by atoms with van der Waals surface area (Å²) in [4.78, 5) is 35.9. The SMILES string of the molecule is COC(=O)[C@]1(Cc2ccc([N+](=O)[O-])cc2)CCc2ccccc2C1=O. The molecule has 0 bridgehead atoms. The first-order chi connectivity index (χ1) is 12.0. The van der Waals surface area contributed by atoms with Gasteiger partial charge in [-0.15, -0.1) is 0 Å². The predicted octanol–water partition coefficient (Wildman–Crippen LogP) is 3.13. The molecule has 0 saturated heterocycles. The number of nitro groups is 1. The molecular weight excluding hydrogens is 322 g/mol. The van der Waals surface area contributed by atoms with E-state index in [1.54, 1.807) is 24.3 Å². The standard InChI is InChI=1S/C19H17NO5/c1-25-18(22)19(12-13-6-8-15(9-7-13)20(23)24)11-10-14-4-2-3-5-16(14)17(19)21/h2-9H,10-12H2,1H3/t19-/m0/s1. The van der Waals surface area contributed by atoms with E-state index >= 15 is 0 Å². The van der Waals surface area contributed by atoms with E-state index in [0.29, 0.717) is 24.0 Å². The summed E-state index contributed by atoms with van der Waals surface area (Å²) in [6.45, 7) is 0. The number of methoxy groups -OCH3 is 1. The number of ether oxygens (including phenoxy) is 1. The van der Waals surface area contributed by atoms with Gasteiger partial charge in [-0.2, -0.15) is 0 Å². The molecule has 1 aliphatic carbocycles. The zero-order valence-corrected chi connectivity index (χ0v) is 13.7. The quantitative estimate of drug-likeness (QED) is 0.370. The van der Waals surface area contributed by atoms with Gasteiger partial charge in [0.2, 0.25) is 0 Å². The second kappa shape index (κ2) is 6.47. The second-order valence-electron chi connectivity index (χ2n) is 6.16. The van der Waals surface area contributed by atoms with Gasteiger partial charge >= 0.3 is 5.97 Å². The molecule has 0 N–H and O–H groups in total. The highest BCUT2D eigenvalue weighted by atomic mass is 16.6. The zero-order valence-electron chi connectivity index (χ0n) is 13.7. The molecule has 1 aliphatic rings. The molecule has 6 heteroatoms. The first-order valence-electron chi connectivity index (χ1n) is 7.92. The second-order valence-corrected chi connectivity index (χ2v) is 6.16. The van der Waals surface area contributed by atoms with Crippen LogP contribution in [0, 0.1) is 15.5 Å². The first-order valence-corrected chi connectivity index (χ1v) is 7.92. The Morgan fingerprint density at radius 2 is 1.88 bits per heavy atom. The highest BCUT2D eigenvalue weighted by Crippen LogP contribution is 2.39. The molecular formula is C19H17NO5. The van der Waals surface area contributed by atoms with Crippen molar-refractivity contribution in [3.05, 3.63) is 75.3 Å². The number of esters is 1. The largest absolute Gasteiger partial charge is 0.468 e. The van der Waals surface area contributed by atoms with Gasteiger partial charge in [0.05, 0.1) is 12.0 Å². The van der Waals surface area contributed by atoms with Crippen LogP contribution in [0.4, 0.5) is 5.69 Å². The number of rotatable bonds is 4. The molecule has 25 heavy (non-hydrogen) atoms. The fourth-order valence-electron chi connectivity index (χ4n) is 3.39. The van der Waals surface area contributed by atoms with E-state index in [2.05, 4.69) is 0 Å².